The second-order valence-corrected chi connectivity index (χ2v) is 2.26. The van der Waals surface area contributed by atoms with Gasteiger partial charge in [0, 0.05) is 13.1 Å². The second kappa shape index (κ2) is 4.06. The van der Waals surface area contributed by atoms with Crippen molar-refractivity contribution in [3.63, 3.8) is 0 Å². The topological polar surface area (TPSA) is 27.6 Å². The lowest BCUT2D eigenvalue weighted by Gasteiger charge is -2.26. The number of hydrazine groups is 1. The first kappa shape index (κ1) is 9.17. The van der Waals surface area contributed by atoms with Crippen molar-refractivity contribution in [1.82, 2.24) is 10.4 Å². The highest BCUT2D eigenvalue weighted by atomic mass is 15.5. The van der Waals surface area contributed by atoms with Crippen LogP contribution in [0.25, 0.3) is 0 Å². The molecule has 0 saturated carbocycles. The summed E-state index contributed by atoms with van der Waals surface area (Å²) in [5.74, 6) is 0.650. The van der Waals surface area contributed by atoms with Crippen LogP contribution in [0.3, 0.4) is 0 Å². The van der Waals surface area contributed by atoms with E-state index in [1.165, 1.54) is 0 Å². The molecule has 0 rings (SSSR count). The Bertz CT molecular complexity index is 129. The zero-order valence-electron chi connectivity index (χ0n) is 6.89. The van der Waals surface area contributed by atoms with Gasteiger partial charge in [-0.3, -0.25) is 5.01 Å². The van der Waals surface area contributed by atoms with E-state index >= 15 is 0 Å². The molecule has 0 aliphatic carbocycles. The van der Waals surface area contributed by atoms with Gasteiger partial charge in [0.05, 0.1) is 0 Å². The average molecular weight is 141 g/mol. The first-order valence-electron chi connectivity index (χ1n) is 3.25. The highest BCUT2D eigenvalue weighted by Gasteiger charge is 2.06. The van der Waals surface area contributed by atoms with Gasteiger partial charge in [-0.1, -0.05) is 6.58 Å². The van der Waals surface area contributed by atoms with Crippen LogP contribution in [-0.2, 0) is 0 Å². The minimum absolute atomic E-state index is 0.350. The van der Waals surface area contributed by atoms with E-state index in [0.29, 0.717) is 11.9 Å². The molecule has 10 heavy (non-hydrogen) atoms. The fraction of sp³-hybridized carbons (Fsp3) is 0.571. The zero-order valence-corrected chi connectivity index (χ0v) is 6.89. The van der Waals surface area contributed by atoms with E-state index in [4.69, 9.17) is 0 Å². The maximum atomic E-state index is 3.70. The smallest absolute Gasteiger partial charge is 0.134 e. The van der Waals surface area contributed by atoms with Gasteiger partial charge in [-0.25, -0.2) is 10.4 Å². The molecule has 3 nitrogen and oxygen atoms in total. The Morgan fingerprint density at radius 2 is 2.10 bits per heavy atom. The Morgan fingerprint density at radius 3 is 2.20 bits per heavy atom. The van der Waals surface area contributed by atoms with Crippen LogP contribution in [0, 0.1) is 0 Å². The lowest BCUT2D eigenvalue weighted by molar-refractivity contribution is 0.217. The number of hydrogen-bond donors (Lipinski definition) is 1. The van der Waals surface area contributed by atoms with Crippen LogP contribution in [0.4, 0.5) is 0 Å². The highest BCUT2D eigenvalue weighted by Crippen LogP contribution is 2.02. The fourth-order valence-electron chi connectivity index (χ4n) is 0.761. The van der Waals surface area contributed by atoms with Crippen LogP contribution in [0.15, 0.2) is 17.4 Å². The number of rotatable bonds is 4. The molecule has 0 bridgehead atoms. The summed E-state index contributed by atoms with van der Waals surface area (Å²) >= 11 is 0. The summed E-state index contributed by atoms with van der Waals surface area (Å²) in [7, 11) is 1.83. The lowest BCUT2D eigenvalue weighted by atomic mass is 10.4. The Morgan fingerprint density at radius 1 is 1.60 bits per heavy atom. The van der Waals surface area contributed by atoms with Gasteiger partial charge in [0.1, 0.15) is 5.82 Å². The third-order valence-electron chi connectivity index (χ3n) is 1.22. The molecule has 0 aliphatic heterocycles. The molecule has 0 saturated heterocycles. The maximum Gasteiger partial charge on any atom is 0.134 e. The molecule has 0 spiro atoms. The van der Waals surface area contributed by atoms with Crippen molar-refractivity contribution >= 4 is 6.72 Å². The van der Waals surface area contributed by atoms with E-state index in [0.717, 1.165) is 0 Å². The molecular formula is C7H15N3. The molecule has 0 unspecified atom stereocenters. The summed E-state index contributed by atoms with van der Waals surface area (Å²) in [6.07, 6.45) is 0. The molecule has 0 fully saturated rings. The summed E-state index contributed by atoms with van der Waals surface area (Å²) in [6.45, 7) is 11.2. The van der Waals surface area contributed by atoms with Crippen LogP contribution < -0.4 is 5.43 Å². The fourth-order valence-corrected chi connectivity index (χ4v) is 0.761. The monoisotopic (exact) mass is 141 g/mol. The Hall–Kier alpha value is -0.830. The SMILES string of the molecule is C=NC(=C)N(NC)C(C)C. The first-order chi connectivity index (χ1) is 4.63. The summed E-state index contributed by atoms with van der Waals surface area (Å²) in [5, 5.41) is 1.84. The molecule has 0 amide bonds. The summed E-state index contributed by atoms with van der Waals surface area (Å²) in [5.41, 5.74) is 2.95. The minimum atomic E-state index is 0.350. The van der Waals surface area contributed by atoms with Crippen molar-refractivity contribution < 1.29 is 0 Å². The Labute approximate surface area is 62.4 Å². The van der Waals surface area contributed by atoms with Crippen molar-refractivity contribution in [3.8, 4) is 0 Å². The van der Waals surface area contributed by atoms with Crippen LogP contribution in [-0.4, -0.2) is 24.8 Å². The predicted octanol–water partition coefficient (Wildman–Crippen LogP) is 1.00. The lowest BCUT2D eigenvalue weighted by Crippen LogP contribution is -2.38. The van der Waals surface area contributed by atoms with Crippen molar-refractivity contribution in [2.45, 2.75) is 19.9 Å². The van der Waals surface area contributed by atoms with Crippen LogP contribution >= 0.6 is 0 Å². The van der Waals surface area contributed by atoms with Gasteiger partial charge in [-0.15, -0.1) is 0 Å². The predicted molar refractivity (Wildman–Crippen MR) is 44.7 cm³/mol. The molecular weight excluding hydrogens is 126 g/mol. The highest BCUT2D eigenvalue weighted by molar-refractivity contribution is 5.27. The maximum absolute atomic E-state index is 3.70. The zero-order chi connectivity index (χ0) is 8.15. The molecule has 0 aromatic carbocycles. The van der Waals surface area contributed by atoms with Crippen molar-refractivity contribution in [2.24, 2.45) is 4.99 Å². The van der Waals surface area contributed by atoms with Crippen molar-refractivity contribution in [3.05, 3.63) is 12.4 Å². The van der Waals surface area contributed by atoms with E-state index in [2.05, 4.69) is 23.7 Å². The molecule has 0 radical (unpaired) electrons. The van der Waals surface area contributed by atoms with Gasteiger partial charge < -0.3 is 0 Å². The number of nitrogens with zero attached hydrogens (tertiary/aromatic N) is 2. The second-order valence-electron chi connectivity index (χ2n) is 2.26. The molecule has 0 heterocycles. The molecule has 0 aliphatic rings. The van der Waals surface area contributed by atoms with Gasteiger partial charge in [0.25, 0.3) is 0 Å². The minimum Gasteiger partial charge on any atom is -0.290 e. The standard InChI is InChI=1S/C7H15N3/c1-6(2)10(9-5)7(3)8-4/h6,9H,3-4H2,1-2,5H3. The number of hydrogen-bond acceptors (Lipinski definition) is 3. The Kier molecular flexibility index (Phi) is 3.72. The average Bonchev–Trinajstić information content (AvgIpc) is 1.88. The van der Waals surface area contributed by atoms with Crippen LogP contribution in [0.5, 0.6) is 0 Å². The molecule has 1 N–H and O–H groups in total. The summed E-state index contributed by atoms with van der Waals surface area (Å²) in [4.78, 5) is 3.70. The van der Waals surface area contributed by atoms with Gasteiger partial charge >= 0.3 is 0 Å². The number of nitrogens with one attached hydrogen (secondary N) is 1. The quantitative estimate of drug-likeness (QED) is 0.467. The molecule has 0 aromatic heterocycles. The van der Waals surface area contributed by atoms with E-state index < -0.39 is 0 Å². The Balaban J connectivity index is 4.06. The summed E-state index contributed by atoms with van der Waals surface area (Å²) in [6, 6.07) is 0.350. The molecule has 58 valence electrons. The van der Waals surface area contributed by atoms with E-state index in [1.54, 1.807) is 0 Å². The van der Waals surface area contributed by atoms with Gasteiger partial charge in [0.2, 0.25) is 0 Å². The van der Waals surface area contributed by atoms with Gasteiger partial charge in [0.15, 0.2) is 0 Å². The molecule has 3 heteroatoms. The van der Waals surface area contributed by atoms with Crippen molar-refractivity contribution in [2.75, 3.05) is 7.05 Å². The number of aliphatic imine (C=N–C) groups is 1. The third-order valence-corrected chi connectivity index (χ3v) is 1.22. The molecule has 0 atom stereocenters. The largest absolute Gasteiger partial charge is 0.290 e. The van der Waals surface area contributed by atoms with Crippen LogP contribution in [0.2, 0.25) is 0 Å². The van der Waals surface area contributed by atoms with Gasteiger partial charge in [-0.2, -0.15) is 0 Å². The van der Waals surface area contributed by atoms with Crippen molar-refractivity contribution in [1.29, 1.82) is 0 Å². The first-order valence-corrected chi connectivity index (χ1v) is 3.25. The van der Waals surface area contributed by atoms with E-state index in [9.17, 15) is 0 Å². The van der Waals surface area contributed by atoms with E-state index in [-0.39, 0.29) is 0 Å². The molecule has 0 aromatic rings. The van der Waals surface area contributed by atoms with Gasteiger partial charge in [-0.05, 0) is 20.6 Å². The normalized spacial score (nSPS) is 9.60. The van der Waals surface area contributed by atoms with Crippen LogP contribution in [0.1, 0.15) is 13.8 Å². The summed E-state index contributed by atoms with van der Waals surface area (Å²) < 4.78 is 0. The third kappa shape index (κ3) is 2.19. The van der Waals surface area contributed by atoms with E-state index in [1.807, 2.05) is 25.9 Å².